The molecule has 1 fully saturated rings. The fourth-order valence-corrected chi connectivity index (χ4v) is 5.54. The summed E-state index contributed by atoms with van der Waals surface area (Å²) >= 11 is 0. The average Bonchev–Trinajstić information content (AvgIpc) is 2.99. The Kier molecular flexibility index (Phi) is 5.23. The van der Waals surface area contributed by atoms with Crippen LogP contribution in [0.4, 0.5) is 0 Å². The normalized spacial score (nSPS) is 23.7. The lowest BCUT2D eigenvalue weighted by atomic mass is 10.1. The van der Waals surface area contributed by atoms with Crippen LogP contribution in [-0.4, -0.2) is 62.9 Å². The van der Waals surface area contributed by atoms with Crippen LogP contribution in [0.25, 0.3) is 0 Å². The number of methoxy groups -OCH3 is 1. The summed E-state index contributed by atoms with van der Waals surface area (Å²) in [5.74, 6) is 0.910. The molecule has 0 unspecified atom stereocenters. The van der Waals surface area contributed by atoms with Gasteiger partial charge in [-0.1, -0.05) is 18.2 Å². The largest absolute Gasteiger partial charge is 0.497 e. The first-order valence-electron chi connectivity index (χ1n) is 9.59. The van der Waals surface area contributed by atoms with E-state index >= 15 is 0 Å². The van der Waals surface area contributed by atoms with Crippen molar-refractivity contribution in [3.63, 3.8) is 0 Å². The molecule has 0 radical (unpaired) electrons. The molecule has 0 saturated carbocycles. The SMILES string of the molecule is COc1cccc(C(=O)N2CC[C@@H]3[C@@H](CC2)Oc2ccccc2S(=O)(=O)N3C)c1. The number of carbonyl (C=O) groups excluding carboxylic acids is 1. The van der Waals surface area contributed by atoms with Gasteiger partial charge in [0.1, 0.15) is 22.5 Å². The summed E-state index contributed by atoms with van der Waals surface area (Å²) in [4.78, 5) is 15.0. The van der Waals surface area contributed by atoms with Crippen molar-refractivity contribution in [2.75, 3.05) is 27.2 Å². The molecular formula is C21H24N2O5S. The monoisotopic (exact) mass is 416 g/mol. The van der Waals surface area contributed by atoms with Gasteiger partial charge in [0.25, 0.3) is 5.91 Å². The van der Waals surface area contributed by atoms with E-state index in [1.165, 1.54) is 4.31 Å². The van der Waals surface area contributed by atoms with Crippen LogP contribution >= 0.6 is 0 Å². The number of likely N-dealkylation sites (tertiary alicyclic amines) is 1. The Morgan fingerprint density at radius 1 is 1.10 bits per heavy atom. The first-order valence-corrected chi connectivity index (χ1v) is 11.0. The molecule has 7 nitrogen and oxygen atoms in total. The number of benzene rings is 2. The van der Waals surface area contributed by atoms with Crippen LogP contribution in [0.15, 0.2) is 53.4 Å². The molecule has 4 rings (SSSR count). The number of likely N-dealkylation sites (N-methyl/N-ethyl adjacent to an activating group) is 1. The Balaban J connectivity index is 1.59. The zero-order chi connectivity index (χ0) is 20.6. The molecule has 0 spiro atoms. The standard InChI is InChI=1S/C21H24N2O5S/c1-22-17-10-12-23(21(24)15-6-5-7-16(14-15)27-2)13-11-18(17)28-19-8-3-4-9-20(19)29(22,25)26/h3-9,14,17-18H,10-13H2,1-2H3/t17-,18-/m1/s1. The van der Waals surface area contributed by atoms with Crippen LogP contribution in [0.1, 0.15) is 23.2 Å². The van der Waals surface area contributed by atoms with Crippen LogP contribution in [0.3, 0.4) is 0 Å². The van der Waals surface area contributed by atoms with Gasteiger partial charge in [-0.2, -0.15) is 4.31 Å². The van der Waals surface area contributed by atoms with Gasteiger partial charge in [-0.05, 0) is 36.8 Å². The molecule has 2 aliphatic heterocycles. The Hall–Kier alpha value is -2.58. The lowest BCUT2D eigenvalue weighted by Gasteiger charge is -2.28. The van der Waals surface area contributed by atoms with E-state index < -0.39 is 10.0 Å². The van der Waals surface area contributed by atoms with Crippen molar-refractivity contribution in [3.05, 3.63) is 54.1 Å². The van der Waals surface area contributed by atoms with Crippen molar-refractivity contribution in [1.82, 2.24) is 9.21 Å². The number of ether oxygens (including phenoxy) is 2. The van der Waals surface area contributed by atoms with E-state index in [4.69, 9.17) is 9.47 Å². The number of amides is 1. The summed E-state index contributed by atoms with van der Waals surface area (Å²) in [5, 5.41) is 0. The van der Waals surface area contributed by atoms with Gasteiger partial charge >= 0.3 is 0 Å². The Morgan fingerprint density at radius 3 is 2.66 bits per heavy atom. The van der Waals surface area contributed by atoms with E-state index in [2.05, 4.69) is 0 Å². The van der Waals surface area contributed by atoms with Gasteiger partial charge in [-0.25, -0.2) is 8.42 Å². The molecular weight excluding hydrogens is 392 g/mol. The molecule has 1 saturated heterocycles. The number of rotatable bonds is 2. The van der Waals surface area contributed by atoms with E-state index in [9.17, 15) is 13.2 Å². The Bertz CT molecular complexity index is 1020. The molecule has 2 aromatic carbocycles. The van der Waals surface area contributed by atoms with Crippen LogP contribution in [0.2, 0.25) is 0 Å². The summed E-state index contributed by atoms with van der Waals surface area (Å²) < 4.78 is 38.9. The third-order valence-corrected chi connectivity index (χ3v) is 7.59. The van der Waals surface area contributed by atoms with E-state index in [-0.39, 0.29) is 22.9 Å². The second kappa shape index (κ2) is 7.68. The molecule has 29 heavy (non-hydrogen) atoms. The summed E-state index contributed by atoms with van der Waals surface area (Å²) in [6.45, 7) is 0.948. The summed E-state index contributed by atoms with van der Waals surface area (Å²) in [7, 11) is -0.495. The van der Waals surface area contributed by atoms with Crippen LogP contribution < -0.4 is 9.47 Å². The second-order valence-electron chi connectivity index (χ2n) is 7.29. The Morgan fingerprint density at radius 2 is 1.86 bits per heavy atom. The third-order valence-electron chi connectivity index (χ3n) is 5.66. The summed E-state index contributed by atoms with van der Waals surface area (Å²) in [5.41, 5.74) is 0.554. The van der Waals surface area contributed by atoms with Crippen molar-refractivity contribution in [3.8, 4) is 11.5 Å². The predicted octanol–water partition coefficient (Wildman–Crippen LogP) is 2.38. The van der Waals surface area contributed by atoms with Gasteiger partial charge in [0.15, 0.2) is 0 Å². The number of fused-ring (bicyclic) bond motifs is 2. The van der Waals surface area contributed by atoms with Crippen LogP contribution in [0.5, 0.6) is 11.5 Å². The minimum Gasteiger partial charge on any atom is -0.497 e. The molecule has 2 aromatic rings. The fraction of sp³-hybridized carbons (Fsp3) is 0.381. The molecule has 8 heteroatoms. The zero-order valence-corrected chi connectivity index (χ0v) is 17.3. The van der Waals surface area contributed by atoms with Crippen molar-refractivity contribution in [1.29, 1.82) is 0 Å². The molecule has 2 atom stereocenters. The maximum absolute atomic E-state index is 13.1. The highest BCUT2D eigenvalue weighted by Crippen LogP contribution is 2.35. The second-order valence-corrected chi connectivity index (χ2v) is 9.26. The van der Waals surface area contributed by atoms with Crippen molar-refractivity contribution >= 4 is 15.9 Å². The van der Waals surface area contributed by atoms with Crippen LogP contribution in [0, 0.1) is 0 Å². The number of hydrogen-bond acceptors (Lipinski definition) is 5. The molecule has 0 aromatic heterocycles. The average molecular weight is 416 g/mol. The lowest BCUT2D eigenvalue weighted by molar-refractivity contribution is 0.0755. The van der Waals surface area contributed by atoms with E-state index in [1.807, 2.05) is 0 Å². The zero-order valence-electron chi connectivity index (χ0n) is 16.4. The van der Waals surface area contributed by atoms with Gasteiger partial charge in [0.2, 0.25) is 10.0 Å². The minimum absolute atomic E-state index is 0.0914. The fourth-order valence-electron chi connectivity index (χ4n) is 4.01. The van der Waals surface area contributed by atoms with Crippen molar-refractivity contribution < 1.29 is 22.7 Å². The maximum Gasteiger partial charge on any atom is 0.253 e. The van der Waals surface area contributed by atoms with Gasteiger partial charge in [-0.3, -0.25) is 4.79 Å². The predicted molar refractivity (Wildman–Crippen MR) is 108 cm³/mol. The molecule has 1 amide bonds. The minimum atomic E-state index is -3.65. The maximum atomic E-state index is 13.1. The molecule has 0 aliphatic carbocycles. The first kappa shape index (κ1) is 19.7. The number of para-hydroxylation sites is 1. The topological polar surface area (TPSA) is 76.1 Å². The van der Waals surface area contributed by atoms with E-state index in [0.29, 0.717) is 43.0 Å². The number of carbonyl (C=O) groups is 1. The molecule has 0 N–H and O–H groups in total. The molecule has 154 valence electrons. The van der Waals surface area contributed by atoms with E-state index in [1.54, 1.807) is 67.6 Å². The van der Waals surface area contributed by atoms with Gasteiger partial charge in [-0.15, -0.1) is 0 Å². The van der Waals surface area contributed by atoms with E-state index in [0.717, 1.165) is 0 Å². The molecule has 2 heterocycles. The van der Waals surface area contributed by atoms with Gasteiger partial charge in [0.05, 0.1) is 13.2 Å². The highest BCUT2D eigenvalue weighted by molar-refractivity contribution is 7.89. The van der Waals surface area contributed by atoms with Gasteiger partial charge < -0.3 is 14.4 Å². The van der Waals surface area contributed by atoms with Crippen molar-refractivity contribution in [2.45, 2.75) is 29.9 Å². The van der Waals surface area contributed by atoms with Gasteiger partial charge in [0, 0.05) is 32.1 Å². The highest BCUT2D eigenvalue weighted by atomic mass is 32.2. The van der Waals surface area contributed by atoms with Crippen molar-refractivity contribution in [2.24, 2.45) is 0 Å². The quantitative estimate of drug-likeness (QED) is 0.751. The first-order chi connectivity index (χ1) is 13.9. The molecule has 0 bridgehead atoms. The number of nitrogens with zero attached hydrogens (tertiary/aromatic N) is 2. The smallest absolute Gasteiger partial charge is 0.253 e. The summed E-state index contributed by atoms with van der Waals surface area (Å²) in [6, 6.07) is 13.4. The third kappa shape index (κ3) is 3.58. The Labute approximate surface area is 170 Å². The number of sulfonamides is 1. The lowest BCUT2D eigenvalue weighted by Crippen LogP contribution is -2.44. The highest BCUT2D eigenvalue weighted by Gasteiger charge is 2.41. The molecule has 2 aliphatic rings. The van der Waals surface area contributed by atoms with Crippen LogP contribution in [-0.2, 0) is 10.0 Å². The summed E-state index contributed by atoms with van der Waals surface area (Å²) in [6.07, 6.45) is 0.736. The number of hydrogen-bond donors (Lipinski definition) is 0.